The van der Waals surface area contributed by atoms with Crippen molar-refractivity contribution < 1.29 is 15.0 Å². The highest BCUT2D eigenvalue weighted by Gasteiger charge is 2.41. The average molecular weight is 219 g/mol. The number of rotatable bonds is 2. The summed E-state index contributed by atoms with van der Waals surface area (Å²) in [6.07, 6.45) is 4.02. The number of benzene rings is 1. The fraction of sp³-hybridized carbons (Fsp3) is 0.417. The predicted octanol–water partition coefficient (Wildman–Crippen LogP) is 2.12. The van der Waals surface area contributed by atoms with E-state index >= 15 is 0 Å². The van der Waals surface area contributed by atoms with Gasteiger partial charge in [-0.15, -0.1) is 0 Å². The van der Waals surface area contributed by atoms with Crippen molar-refractivity contribution >= 4 is 6.08 Å². The minimum atomic E-state index is -0.621. The van der Waals surface area contributed by atoms with Crippen molar-refractivity contribution in [2.75, 3.05) is 0 Å². The van der Waals surface area contributed by atoms with Crippen molar-refractivity contribution in [2.24, 2.45) is 4.99 Å². The van der Waals surface area contributed by atoms with Gasteiger partial charge in [0.1, 0.15) is 17.0 Å². The van der Waals surface area contributed by atoms with Gasteiger partial charge in [-0.25, -0.2) is 4.79 Å². The number of nitrogens with zero attached hydrogens (tertiary/aromatic N) is 1. The Kier molecular flexibility index (Phi) is 2.44. The second-order valence-electron chi connectivity index (χ2n) is 4.19. The fourth-order valence-electron chi connectivity index (χ4n) is 2.11. The molecule has 0 saturated heterocycles. The van der Waals surface area contributed by atoms with Crippen molar-refractivity contribution in [3.63, 3.8) is 0 Å². The summed E-state index contributed by atoms with van der Waals surface area (Å²) in [6.45, 7) is 1.63. The van der Waals surface area contributed by atoms with Gasteiger partial charge in [-0.2, -0.15) is 4.99 Å². The van der Waals surface area contributed by atoms with Crippen LogP contribution in [0.15, 0.2) is 17.1 Å². The maximum Gasteiger partial charge on any atom is 0.235 e. The van der Waals surface area contributed by atoms with Gasteiger partial charge in [0.25, 0.3) is 0 Å². The molecule has 0 radical (unpaired) electrons. The summed E-state index contributed by atoms with van der Waals surface area (Å²) in [6, 6.07) is 3.14. The molecule has 4 nitrogen and oxygen atoms in total. The van der Waals surface area contributed by atoms with Crippen molar-refractivity contribution in [3.05, 3.63) is 23.3 Å². The minimum Gasteiger partial charge on any atom is -0.508 e. The lowest BCUT2D eigenvalue weighted by atomic mass is 9.71. The lowest BCUT2D eigenvalue weighted by molar-refractivity contribution is 0.247. The van der Waals surface area contributed by atoms with Crippen LogP contribution in [0.4, 0.5) is 0 Å². The number of phenolic OH excluding ortho intramolecular Hbond substituents is 2. The Hall–Kier alpha value is -1.80. The molecule has 0 aromatic heterocycles. The topological polar surface area (TPSA) is 69.9 Å². The van der Waals surface area contributed by atoms with Crippen LogP contribution in [-0.4, -0.2) is 16.3 Å². The van der Waals surface area contributed by atoms with Gasteiger partial charge in [-0.3, -0.25) is 0 Å². The van der Waals surface area contributed by atoms with Gasteiger partial charge in [-0.1, -0.05) is 0 Å². The Morgan fingerprint density at radius 1 is 1.38 bits per heavy atom. The van der Waals surface area contributed by atoms with Crippen molar-refractivity contribution in [2.45, 2.75) is 31.7 Å². The summed E-state index contributed by atoms with van der Waals surface area (Å²) in [7, 11) is 0. The molecule has 1 fully saturated rings. The third-order valence-corrected chi connectivity index (χ3v) is 3.34. The summed E-state index contributed by atoms with van der Waals surface area (Å²) < 4.78 is 0. The number of aliphatic imine (C=N–C) groups is 1. The molecule has 84 valence electrons. The third kappa shape index (κ3) is 1.39. The van der Waals surface area contributed by atoms with E-state index in [9.17, 15) is 15.0 Å². The quantitative estimate of drug-likeness (QED) is 0.591. The maximum atomic E-state index is 10.4. The molecule has 16 heavy (non-hydrogen) atoms. The smallest absolute Gasteiger partial charge is 0.235 e. The normalized spacial score (nSPS) is 17.3. The molecule has 0 amide bonds. The Morgan fingerprint density at radius 2 is 2.06 bits per heavy atom. The molecule has 0 bridgehead atoms. The molecular weight excluding hydrogens is 206 g/mol. The molecule has 0 spiro atoms. The van der Waals surface area contributed by atoms with Crippen LogP contribution >= 0.6 is 0 Å². The first-order valence-corrected chi connectivity index (χ1v) is 5.22. The number of carbonyl (C=O) groups excluding carboxylic acids is 1. The minimum absolute atomic E-state index is 0.0266. The van der Waals surface area contributed by atoms with E-state index in [1.165, 1.54) is 6.07 Å². The van der Waals surface area contributed by atoms with Crippen molar-refractivity contribution in [3.8, 4) is 11.5 Å². The van der Waals surface area contributed by atoms with Gasteiger partial charge in [-0.05, 0) is 38.3 Å². The fourth-order valence-corrected chi connectivity index (χ4v) is 2.11. The molecule has 0 heterocycles. The zero-order valence-electron chi connectivity index (χ0n) is 9.03. The number of isocyanates is 1. The first kappa shape index (κ1) is 10.7. The third-order valence-electron chi connectivity index (χ3n) is 3.34. The average Bonchev–Trinajstić information content (AvgIpc) is 2.21. The Labute approximate surface area is 93.3 Å². The van der Waals surface area contributed by atoms with Crippen LogP contribution in [0.3, 0.4) is 0 Å². The van der Waals surface area contributed by atoms with Crippen LogP contribution in [0.5, 0.6) is 11.5 Å². The van der Waals surface area contributed by atoms with Crippen LogP contribution in [0.25, 0.3) is 0 Å². The summed E-state index contributed by atoms with van der Waals surface area (Å²) in [5.74, 6) is 0.0736. The number of phenols is 2. The van der Waals surface area contributed by atoms with Crippen molar-refractivity contribution in [1.82, 2.24) is 0 Å². The van der Waals surface area contributed by atoms with Crippen LogP contribution in [0.2, 0.25) is 0 Å². The van der Waals surface area contributed by atoms with Crippen LogP contribution in [0, 0.1) is 6.92 Å². The van der Waals surface area contributed by atoms with Gasteiger partial charge in [0, 0.05) is 11.1 Å². The van der Waals surface area contributed by atoms with E-state index in [-0.39, 0.29) is 11.5 Å². The van der Waals surface area contributed by atoms with E-state index in [1.807, 2.05) is 0 Å². The lowest BCUT2D eigenvalue weighted by Gasteiger charge is -2.37. The van der Waals surface area contributed by atoms with Crippen molar-refractivity contribution in [1.29, 1.82) is 0 Å². The van der Waals surface area contributed by atoms with E-state index in [0.717, 1.165) is 19.3 Å². The first-order valence-electron chi connectivity index (χ1n) is 5.22. The molecule has 4 heteroatoms. The zero-order valence-corrected chi connectivity index (χ0v) is 9.03. The van der Waals surface area contributed by atoms with Crippen LogP contribution in [-0.2, 0) is 10.3 Å². The SMILES string of the molecule is Cc1c(O)ccc(C2(N=C=O)CCC2)c1O. The summed E-state index contributed by atoms with van der Waals surface area (Å²) in [5.41, 5.74) is 0.409. The molecule has 1 aliphatic rings. The Bertz CT molecular complexity index is 471. The Balaban J connectivity index is 2.55. The number of hydrogen-bond donors (Lipinski definition) is 2. The van der Waals surface area contributed by atoms with E-state index < -0.39 is 5.54 Å². The van der Waals surface area contributed by atoms with Gasteiger partial charge in [0.05, 0.1) is 0 Å². The van der Waals surface area contributed by atoms with Gasteiger partial charge in [0.2, 0.25) is 6.08 Å². The zero-order chi connectivity index (χ0) is 11.8. The second-order valence-corrected chi connectivity index (χ2v) is 4.19. The van der Waals surface area contributed by atoms with E-state index in [1.54, 1.807) is 19.1 Å². The molecule has 1 aliphatic carbocycles. The molecule has 0 atom stereocenters. The molecule has 2 N–H and O–H groups in total. The van der Waals surface area contributed by atoms with E-state index in [0.29, 0.717) is 11.1 Å². The number of hydrogen-bond acceptors (Lipinski definition) is 4. The van der Waals surface area contributed by atoms with E-state index in [2.05, 4.69) is 4.99 Å². The van der Waals surface area contributed by atoms with Gasteiger partial charge < -0.3 is 10.2 Å². The summed E-state index contributed by atoms with van der Waals surface area (Å²) in [5, 5.41) is 19.4. The van der Waals surface area contributed by atoms with Crippen LogP contribution < -0.4 is 0 Å². The first-order chi connectivity index (χ1) is 7.60. The number of aromatic hydroxyl groups is 2. The Morgan fingerprint density at radius 3 is 2.56 bits per heavy atom. The predicted molar refractivity (Wildman–Crippen MR) is 58.2 cm³/mol. The highest BCUT2D eigenvalue weighted by atomic mass is 16.3. The highest BCUT2D eigenvalue weighted by molar-refractivity contribution is 5.52. The monoisotopic (exact) mass is 219 g/mol. The van der Waals surface area contributed by atoms with Gasteiger partial charge >= 0.3 is 0 Å². The maximum absolute atomic E-state index is 10.4. The molecular formula is C12H13NO3. The summed E-state index contributed by atoms with van der Waals surface area (Å²) >= 11 is 0. The van der Waals surface area contributed by atoms with E-state index in [4.69, 9.17) is 0 Å². The second kappa shape index (κ2) is 3.65. The lowest BCUT2D eigenvalue weighted by Crippen LogP contribution is -2.32. The van der Waals surface area contributed by atoms with Gasteiger partial charge in [0.15, 0.2) is 0 Å². The molecule has 1 aromatic carbocycles. The molecule has 0 unspecified atom stereocenters. The largest absolute Gasteiger partial charge is 0.508 e. The highest BCUT2D eigenvalue weighted by Crippen LogP contribution is 2.49. The molecule has 2 rings (SSSR count). The summed E-state index contributed by atoms with van der Waals surface area (Å²) in [4.78, 5) is 14.2. The van der Waals surface area contributed by atoms with Crippen LogP contribution in [0.1, 0.15) is 30.4 Å². The molecule has 0 aliphatic heterocycles. The molecule has 1 aromatic rings. The molecule has 1 saturated carbocycles. The standard InChI is InChI=1S/C12H13NO3/c1-8-10(15)4-3-9(11(8)16)12(13-7-14)5-2-6-12/h3-4,15-16H,2,5-6H2,1H3.